The van der Waals surface area contributed by atoms with E-state index in [0.717, 1.165) is 15.3 Å². The number of hydrogen-bond acceptors (Lipinski definition) is 1. The van der Waals surface area contributed by atoms with Crippen LogP contribution >= 0.6 is 22.9 Å². The Bertz CT molecular complexity index is 485. The van der Waals surface area contributed by atoms with Gasteiger partial charge >= 0.3 is 0 Å². The second-order valence-corrected chi connectivity index (χ2v) is 4.69. The summed E-state index contributed by atoms with van der Waals surface area (Å²) in [6.45, 7) is 0. The Labute approximate surface area is 103 Å². The van der Waals surface area contributed by atoms with Crippen LogP contribution in [0.4, 0.5) is 4.39 Å². The van der Waals surface area contributed by atoms with Crippen molar-refractivity contribution in [2.75, 3.05) is 5.88 Å². The molecule has 1 heterocycles. The van der Waals surface area contributed by atoms with Crippen LogP contribution in [0.25, 0.3) is 16.5 Å². The topological polar surface area (TPSA) is 0 Å². The predicted molar refractivity (Wildman–Crippen MR) is 69.5 cm³/mol. The molecule has 0 atom stereocenters. The number of benzene rings is 1. The number of thiophene rings is 1. The first-order valence-electron chi connectivity index (χ1n) is 4.88. The van der Waals surface area contributed by atoms with Gasteiger partial charge in [-0.05, 0) is 35.9 Å². The SMILES string of the molecule is Fc1ccc(-c2ccc(C=CCCl)s2)cc1. The van der Waals surface area contributed by atoms with Gasteiger partial charge in [-0.15, -0.1) is 22.9 Å². The molecule has 0 aliphatic heterocycles. The highest BCUT2D eigenvalue weighted by Gasteiger charge is 2.01. The third-order valence-corrected chi connectivity index (χ3v) is 3.40. The predicted octanol–water partition coefficient (Wildman–Crippen LogP) is 4.81. The summed E-state index contributed by atoms with van der Waals surface area (Å²) in [5, 5.41) is 0. The van der Waals surface area contributed by atoms with Crippen molar-refractivity contribution < 1.29 is 4.39 Å². The fraction of sp³-hybridized carbons (Fsp3) is 0.0769. The second-order valence-electron chi connectivity index (χ2n) is 3.27. The summed E-state index contributed by atoms with van der Waals surface area (Å²) < 4.78 is 12.8. The van der Waals surface area contributed by atoms with Gasteiger partial charge in [0.1, 0.15) is 5.82 Å². The zero-order valence-corrected chi connectivity index (χ0v) is 10.1. The molecule has 0 aliphatic carbocycles. The van der Waals surface area contributed by atoms with Gasteiger partial charge in [0.15, 0.2) is 0 Å². The Balaban J connectivity index is 2.24. The van der Waals surface area contributed by atoms with Crippen LogP contribution in [-0.2, 0) is 0 Å². The first-order chi connectivity index (χ1) is 7.79. The van der Waals surface area contributed by atoms with Crippen LogP contribution in [0.3, 0.4) is 0 Å². The molecule has 0 aliphatic rings. The summed E-state index contributed by atoms with van der Waals surface area (Å²) in [6, 6.07) is 10.6. The summed E-state index contributed by atoms with van der Waals surface area (Å²) >= 11 is 7.23. The summed E-state index contributed by atoms with van der Waals surface area (Å²) in [7, 11) is 0. The van der Waals surface area contributed by atoms with Gasteiger partial charge in [-0.2, -0.15) is 0 Å². The van der Waals surface area contributed by atoms with Gasteiger partial charge in [0.2, 0.25) is 0 Å². The molecule has 0 fully saturated rings. The van der Waals surface area contributed by atoms with E-state index in [1.165, 1.54) is 12.1 Å². The molecule has 1 aromatic carbocycles. The quantitative estimate of drug-likeness (QED) is 0.688. The summed E-state index contributed by atoms with van der Waals surface area (Å²) in [4.78, 5) is 2.29. The van der Waals surface area contributed by atoms with E-state index in [1.54, 1.807) is 23.5 Å². The van der Waals surface area contributed by atoms with E-state index < -0.39 is 0 Å². The smallest absolute Gasteiger partial charge is 0.123 e. The zero-order chi connectivity index (χ0) is 11.4. The maximum absolute atomic E-state index is 12.8. The van der Waals surface area contributed by atoms with E-state index in [-0.39, 0.29) is 5.82 Å². The summed E-state index contributed by atoms with van der Waals surface area (Å²) in [5.41, 5.74) is 1.04. The van der Waals surface area contributed by atoms with E-state index >= 15 is 0 Å². The molecule has 0 spiro atoms. The molecule has 1 aromatic heterocycles. The van der Waals surface area contributed by atoms with E-state index in [0.29, 0.717) is 5.88 Å². The van der Waals surface area contributed by atoms with Crippen molar-refractivity contribution in [3.05, 3.63) is 53.2 Å². The van der Waals surface area contributed by atoms with Gasteiger partial charge in [0.25, 0.3) is 0 Å². The van der Waals surface area contributed by atoms with Gasteiger partial charge in [0, 0.05) is 15.6 Å². The lowest BCUT2D eigenvalue weighted by atomic mass is 10.2. The molecular formula is C13H10ClFS. The van der Waals surface area contributed by atoms with Crippen molar-refractivity contribution in [2.45, 2.75) is 0 Å². The number of alkyl halides is 1. The first kappa shape index (κ1) is 11.4. The Kier molecular flexibility index (Phi) is 3.75. The molecule has 2 rings (SSSR count). The largest absolute Gasteiger partial charge is 0.207 e. The molecule has 2 aromatic rings. The van der Waals surface area contributed by atoms with Crippen molar-refractivity contribution in [3.8, 4) is 10.4 Å². The monoisotopic (exact) mass is 252 g/mol. The third kappa shape index (κ3) is 2.71. The molecule has 0 N–H and O–H groups in total. The van der Waals surface area contributed by atoms with E-state index in [1.807, 2.05) is 24.3 Å². The van der Waals surface area contributed by atoms with Crippen molar-refractivity contribution in [2.24, 2.45) is 0 Å². The molecule has 0 nitrogen and oxygen atoms in total. The molecule has 0 radical (unpaired) electrons. The minimum Gasteiger partial charge on any atom is -0.207 e. The number of halogens is 2. The van der Waals surface area contributed by atoms with Crippen molar-refractivity contribution in [1.29, 1.82) is 0 Å². The van der Waals surface area contributed by atoms with Crippen LogP contribution in [-0.4, -0.2) is 5.88 Å². The normalized spacial score (nSPS) is 11.1. The zero-order valence-electron chi connectivity index (χ0n) is 8.49. The van der Waals surface area contributed by atoms with Crippen molar-refractivity contribution in [1.82, 2.24) is 0 Å². The fourth-order valence-corrected chi connectivity index (χ4v) is 2.41. The van der Waals surface area contributed by atoms with Gasteiger partial charge in [-0.1, -0.05) is 18.2 Å². The lowest BCUT2D eigenvalue weighted by Crippen LogP contribution is -1.73. The Morgan fingerprint density at radius 1 is 1.12 bits per heavy atom. The summed E-state index contributed by atoms with van der Waals surface area (Å²) in [6.07, 6.45) is 3.90. The van der Waals surface area contributed by atoms with Gasteiger partial charge in [0.05, 0.1) is 0 Å². The molecule has 3 heteroatoms. The third-order valence-electron chi connectivity index (χ3n) is 2.13. The lowest BCUT2D eigenvalue weighted by molar-refractivity contribution is 0.628. The molecule has 0 saturated carbocycles. The average molecular weight is 253 g/mol. The Morgan fingerprint density at radius 2 is 1.88 bits per heavy atom. The van der Waals surface area contributed by atoms with Crippen LogP contribution in [0.5, 0.6) is 0 Å². The Hall–Kier alpha value is -1.12. The van der Waals surface area contributed by atoms with Crippen LogP contribution in [0, 0.1) is 5.82 Å². The van der Waals surface area contributed by atoms with E-state index in [9.17, 15) is 4.39 Å². The number of hydrogen-bond donors (Lipinski definition) is 0. The standard InChI is InChI=1S/C13H10ClFS/c14-9-1-2-12-7-8-13(16-12)10-3-5-11(15)6-4-10/h1-8H,9H2. The van der Waals surface area contributed by atoms with E-state index in [4.69, 9.17) is 11.6 Å². The molecule has 16 heavy (non-hydrogen) atoms. The second kappa shape index (κ2) is 5.28. The lowest BCUT2D eigenvalue weighted by Gasteiger charge is -1.95. The molecule has 0 unspecified atom stereocenters. The molecule has 82 valence electrons. The minimum atomic E-state index is -0.206. The highest BCUT2D eigenvalue weighted by Crippen LogP contribution is 2.28. The highest BCUT2D eigenvalue weighted by atomic mass is 35.5. The van der Waals surface area contributed by atoms with E-state index in [2.05, 4.69) is 0 Å². The van der Waals surface area contributed by atoms with Crippen molar-refractivity contribution >= 4 is 29.0 Å². The maximum Gasteiger partial charge on any atom is 0.123 e. The van der Waals surface area contributed by atoms with Crippen LogP contribution in [0.15, 0.2) is 42.5 Å². The fourth-order valence-electron chi connectivity index (χ4n) is 1.37. The van der Waals surface area contributed by atoms with Gasteiger partial charge in [-0.25, -0.2) is 4.39 Å². The maximum atomic E-state index is 12.8. The number of allylic oxidation sites excluding steroid dienone is 1. The summed E-state index contributed by atoms with van der Waals surface area (Å²) in [5.74, 6) is 0.312. The van der Waals surface area contributed by atoms with Crippen molar-refractivity contribution in [3.63, 3.8) is 0 Å². The molecule has 0 amide bonds. The molecule has 0 bridgehead atoms. The van der Waals surface area contributed by atoms with Gasteiger partial charge < -0.3 is 0 Å². The first-order valence-corrected chi connectivity index (χ1v) is 6.23. The minimum absolute atomic E-state index is 0.206. The molecule has 0 saturated heterocycles. The Morgan fingerprint density at radius 3 is 2.56 bits per heavy atom. The molecular weight excluding hydrogens is 243 g/mol. The van der Waals surface area contributed by atoms with Crippen LogP contribution in [0.2, 0.25) is 0 Å². The highest BCUT2D eigenvalue weighted by molar-refractivity contribution is 7.16. The number of rotatable bonds is 3. The van der Waals surface area contributed by atoms with Crippen LogP contribution in [0.1, 0.15) is 4.88 Å². The van der Waals surface area contributed by atoms with Crippen LogP contribution < -0.4 is 0 Å². The average Bonchev–Trinajstić information content (AvgIpc) is 2.76. The van der Waals surface area contributed by atoms with Gasteiger partial charge in [-0.3, -0.25) is 0 Å².